The van der Waals surface area contributed by atoms with Crippen LogP contribution in [0.15, 0.2) is 42.7 Å². The van der Waals surface area contributed by atoms with Gasteiger partial charge in [-0.2, -0.15) is 5.10 Å². The third-order valence-corrected chi connectivity index (χ3v) is 3.62. The molecule has 0 aliphatic carbocycles. The van der Waals surface area contributed by atoms with Gasteiger partial charge in [-0.25, -0.2) is 4.39 Å². The first-order valence-corrected chi connectivity index (χ1v) is 7.17. The number of carbonyl (C=O) groups excluding carboxylic acids is 2. The highest BCUT2D eigenvalue weighted by molar-refractivity contribution is 5.96. The summed E-state index contributed by atoms with van der Waals surface area (Å²) < 4.78 is 15.2. The van der Waals surface area contributed by atoms with Gasteiger partial charge in [0.2, 0.25) is 11.8 Å². The van der Waals surface area contributed by atoms with Crippen LogP contribution in [0.25, 0.3) is 0 Å². The number of carbonyl (C=O) groups is 2. The van der Waals surface area contributed by atoms with Gasteiger partial charge in [0.25, 0.3) is 0 Å². The molecule has 2 aromatic rings. The molecule has 2 amide bonds. The number of halogens is 1. The second-order valence-corrected chi connectivity index (χ2v) is 5.26. The molecule has 0 saturated heterocycles. The third kappa shape index (κ3) is 3.74. The van der Waals surface area contributed by atoms with Gasteiger partial charge in [0.05, 0.1) is 12.2 Å². The predicted octanol–water partition coefficient (Wildman–Crippen LogP) is 1.70. The Hall–Kier alpha value is -2.70. The van der Waals surface area contributed by atoms with Gasteiger partial charge >= 0.3 is 0 Å². The first-order chi connectivity index (χ1) is 10.9. The number of para-hydroxylation sites is 1. The molecule has 0 fully saturated rings. The molecule has 0 unspecified atom stereocenters. The van der Waals surface area contributed by atoms with Crippen LogP contribution in [-0.4, -0.2) is 47.1 Å². The third-order valence-electron chi connectivity index (χ3n) is 3.62. The number of rotatable bonds is 5. The van der Waals surface area contributed by atoms with Crippen molar-refractivity contribution in [2.45, 2.75) is 13.0 Å². The van der Waals surface area contributed by atoms with Crippen LogP contribution in [0.4, 0.5) is 10.1 Å². The van der Waals surface area contributed by atoms with Gasteiger partial charge in [-0.15, -0.1) is 0 Å². The lowest BCUT2D eigenvalue weighted by atomic mass is 10.2. The normalized spacial score (nSPS) is 11.8. The number of anilines is 1. The van der Waals surface area contributed by atoms with E-state index < -0.39 is 11.9 Å². The lowest BCUT2D eigenvalue weighted by Gasteiger charge is -2.24. The summed E-state index contributed by atoms with van der Waals surface area (Å²) in [6.45, 7) is 1.56. The van der Waals surface area contributed by atoms with Crippen molar-refractivity contribution in [1.82, 2.24) is 14.7 Å². The highest BCUT2D eigenvalue weighted by Crippen LogP contribution is 2.17. The number of likely N-dealkylation sites (N-methyl/N-ethyl adjacent to an activating group) is 2. The molecule has 23 heavy (non-hydrogen) atoms. The summed E-state index contributed by atoms with van der Waals surface area (Å²) in [5.41, 5.74) is 0.179. The van der Waals surface area contributed by atoms with Gasteiger partial charge in [-0.1, -0.05) is 12.1 Å². The van der Waals surface area contributed by atoms with Crippen molar-refractivity contribution in [3.63, 3.8) is 0 Å². The zero-order valence-electron chi connectivity index (χ0n) is 13.3. The van der Waals surface area contributed by atoms with Crippen LogP contribution in [0, 0.1) is 5.82 Å². The van der Waals surface area contributed by atoms with Gasteiger partial charge in [-0.05, 0) is 25.1 Å². The van der Waals surface area contributed by atoms with Crippen LogP contribution in [0.1, 0.15) is 13.0 Å². The van der Waals surface area contributed by atoms with Crippen molar-refractivity contribution in [2.24, 2.45) is 0 Å². The summed E-state index contributed by atoms with van der Waals surface area (Å²) >= 11 is 0. The summed E-state index contributed by atoms with van der Waals surface area (Å²) in [6.07, 6.45) is 3.27. The zero-order chi connectivity index (χ0) is 17.0. The summed E-state index contributed by atoms with van der Waals surface area (Å²) in [6, 6.07) is 7.22. The van der Waals surface area contributed by atoms with E-state index >= 15 is 0 Å². The van der Waals surface area contributed by atoms with Crippen LogP contribution >= 0.6 is 0 Å². The molecule has 0 bridgehead atoms. The molecule has 1 heterocycles. The Kier molecular flexibility index (Phi) is 5.10. The molecule has 0 spiro atoms. The van der Waals surface area contributed by atoms with Gasteiger partial charge in [0, 0.05) is 26.5 Å². The minimum Gasteiger partial charge on any atom is -0.335 e. The molecule has 2 rings (SSSR count). The van der Waals surface area contributed by atoms with E-state index in [1.54, 1.807) is 37.5 Å². The van der Waals surface area contributed by atoms with Crippen molar-refractivity contribution in [3.8, 4) is 0 Å². The molecule has 0 radical (unpaired) electrons. The fraction of sp³-hybridized carbons (Fsp3) is 0.312. The van der Waals surface area contributed by atoms with Crippen LogP contribution in [-0.2, 0) is 9.59 Å². The maximum atomic E-state index is 13.7. The van der Waals surface area contributed by atoms with Gasteiger partial charge < -0.3 is 9.80 Å². The minimum absolute atomic E-state index is 0.144. The number of benzene rings is 1. The van der Waals surface area contributed by atoms with Crippen molar-refractivity contribution >= 4 is 17.5 Å². The molecule has 122 valence electrons. The largest absolute Gasteiger partial charge is 0.335 e. The smallest absolute Gasteiger partial charge is 0.247 e. The van der Waals surface area contributed by atoms with Crippen molar-refractivity contribution in [2.75, 3.05) is 25.5 Å². The highest BCUT2D eigenvalue weighted by Gasteiger charge is 2.23. The molecule has 0 aliphatic rings. The molecule has 0 saturated carbocycles. The standard InChI is InChI=1S/C16H19FN4O2/c1-12(21-10-6-9-18-21)16(23)19(2)11-15(22)20(3)14-8-5-4-7-13(14)17/h4-10,12H,11H2,1-3H3/t12-/m0/s1. The average molecular weight is 318 g/mol. The molecule has 1 atom stereocenters. The predicted molar refractivity (Wildman–Crippen MR) is 84.4 cm³/mol. The van der Waals surface area contributed by atoms with Gasteiger partial charge in [-0.3, -0.25) is 14.3 Å². The van der Waals surface area contributed by atoms with E-state index in [0.717, 1.165) is 0 Å². The summed E-state index contributed by atoms with van der Waals surface area (Å²) in [5.74, 6) is -1.11. The van der Waals surface area contributed by atoms with Gasteiger partial charge in [0.15, 0.2) is 0 Å². The van der Waals surface area contributed by atoms with Crippen molar-refractivity contribution < 1.29 is 14.0 Å². The van der Waals surface area contributed by atoms with E-state index in [9.17, 15) is 14.0 Å². The van der Waals surface area contributed by atoms with Crippen LogP contribution < -0.4 is 4.90 Å². The quantitative estimate of drug-likeness (QED) is 0.843. The van der Waals surface area contributed by atoms with Crippen LogP contribution in [0.5, 0.6) is 0 Å². The van der Waals surface area contributed by atoms with Crippen LogP contribution in [0.3, 0.4) is 0 Å². The first kappa shape index (κ1) is 16.7. The highest BCUT2D eigenvalue weighted by atomic mass is 19.1. The fourth-order valence-corrected chi connectivity index (χ4v) is 2.19. The molecular formula is C16H19FN4O2. The Morgan fingerprint density at radius 1 is 1.26 bits per heavy atom. The van der Waals surface area contributed by atoms with E-state index in [-0.39, 0.29) is 24.0 Å². The molecule has 7 heteroatoms. The zero-order valence-corrected chi connectivity index (χ0v) is 13.3. The maximum absolute atomic E-state index is 13.7. The first-order valence-electron chi connectivity index (χ1n) is 7.17. The summed E-state index contributed by atoms with van der Waals surface area (Å²) in [4.78, 5) is 27.1. The average Bonchev–Trinajstić information content (AvgIpc) is 3.07. The fourth-order valence-electron chi connectivity index (χ4n) is 2.19. The Bertz CT molecular complexity index is 687. The second-order valence-electron chi connectivity index (χ2n) is 5.26. The molecule has 1 aromatic carbocycles. The Balaban J connectivity index is 2.02. The Morgan fingerprint density at radius 2 is 1.96 bits per heavy atom. The minimum atomic E-state index is -0.512. The van der Waals surface area contributed by atoms with E-state index in [0.29, 0.717) is 0 Å². The lowest BCUT2D eigenvalue weighted by Crippen LogP contribution is -2.42. The molecule has 0 N–H and O–H groups in total. The second kappa shape index (κ2) is 7.04. The lowest BCUT2D eigenvalue weighted by molar-refractivity contribution is -0.136. The number of hydrogen-bond donors (Lipinski definition) is 0. The summed E-state index contributed by atoms with van der Waals surface area (Å²) in [7, 11) is 3.02. The number of aromatic nitrogens is 2. The number of nitrogens with zero attached hydrogens (tertiary/aromatic N) is 4. The van der Waals surface area contributed by atoms with E-state index in [2.05, 4.69) is 5.10 Å². The maximum Gasteiger partial charge on any atom is 0.247 e. The number of amides is 2. The molecule has 0 aliphatic heterocycles. The van der Waals surface area contributed by atoms with E-state index in [1.807, 2.05) is 0 Å². The SMILES string of the molecule is C[C@@H](C(=O)N(C)CC(=O)N(C)c1ccccc1F)n1cccn1. The van der Waals surface area contributed by atoms with Gasteiger partial charge in [0.1, 0.15) is 11.9 Å². The number of hydrogen-bond acceptors (Lipinski definition) is 3. The molecule has 1 aromatic heterocycles. The topological polar surface area (TPSA) is 58.4 Å². The summed E-state index contributed by atoms with van der Waals surface area (Å²) in [5, 5.41) is 4.02. The van der Waals surface area contributed by atoms with E-state index in [4.69, 9.17) is 0 Å². The van der Waals surface area contributed by atoms with Crippen LogP contribution in [0.2, 0.25) is 0 Å². The Labute approximate surface area is 134 Å². The van der Waals surface area contributed by atoms with Crippen molar-refractivity contribution in [1.29, 1.82) is 0 Å². The molecule has 6 nitrogen and oxygen atoms in total. The van der Waals surface area contributed by atoms with Crippen molar-refractivity contribution in [3.05, 3.63) is 48.5 Å². The monoisotopic (exact) mass is 318 g/mol. The Morgan fingerprint density at radius 3 is 2.57 bits per heavy atom. The molecular weight excluding hydrogens is 299 g/mol. The van der Waals surface area contributed by atoms with E-state index in [1.165, 1.54) is 40.7 Å².